The van der Waals surface area contributed by atoms with Crippen molar-refractivity contribution in [1.29, 1.82) is 0 Å². The smallest absolute Gasteiger partial charge is 0.397 e. The van der Waals surface area contributed by atoms with Crippen molar-refractivity contribution in [3.05, 3.63) is 21.4 Å². The molecule has 2 aromatic rings. The highest BCUT2D eigenvalue weighted by atomic mass is 32.1. The Hall–Kier alpha value is -1.36. The predicted octanol–water partition coefficient (Wildman–Crippen LogP) is 5.86. The first-order chi connectivity index (χ1) is 11.7. The van der Waals surface area contributed by atoms with E-state index in [1.165, 1.54) is 62.7 Å². The van der Waals surface area contributed by atoms with Crippen molar-refractivity contribution in [1.82, 2.24) is 4.98 Å². The summed E-state index contributed by atoms with van der Waals surface area (Å²) in [6, 6.07) is 0. The Labute approximate surface area is 148 Å². The van der Waals surface area contributed by atoms with Gasteiger partial charge in [0.15, 0.2) is 0 Å². The molecule has 24 heavy (non-hydrogen) atoms. The molecule has 0 fully saturated rings. The van der Waals surface area contributed by atoms with E-state index < -0.39 is 0 Å². The Morgan fingerprint density at radius 2 is 1.67 bits per heavy atom. The Morgan fingerprint density at radius 3 is 2.33 bits per heavy atom. The van der Waals surface area contributed by atoms with Crippen molar-refractivity contribution in [2.24, 2.45) is 0 Å². The molecular formula is C19H29NO3S. The molecule has 0 unspecified atom stereocenters. The van der Waals surface area contributed by atoms with Gasteiger partial charge in [-0.2, -0.15) is 4.98 Å². The number of unbranched alkanes of at least 4 members (excludes halogenated alkanes) is 9. The Kier molecular flexibility index (Phi) is 8.29. The summed E-state index contributed by atoms with van der Waals surface area (Å²) in [5.74, 6) is 0. The molecule has 4 nitrogen and oxygen atoms in total. The number of rotatable bonds is 12. The number of hydrogen-bond donors (Lipinski definition) is 0. The number of aryl methyl sites for hydroxylation is 1. The van der Waals surface area contributed by atoms with Crippen LogP contribution in [-0.4, -0.2) is 11.6 Å². The van der Waals surface area contributed by atoms with Crippen LogP contribution >= 0.6 is 11.3 Å². The van der Waals surface area contributed by atoms with Crippen LogP contribution in [0.15, 0.2) is 14.6 Å². The van der Waals surface area contributed by atoms with E-state index in [2.05, 4.69) is 11.9 Å². The van der Waals surface area contributed by atoms with Gasteiger partial charge in [0, 0.05) is 0 Å². The van der Waals surface area contributed by atoms with Crippen molar-refractivity contribution in [3.8, 4) is 6.08 Å². The predicted molar refractivity (Wildman–Crippen MR) is 100 cm³/mol. The van der Waals surface area contributed by atoms with Gasteiger partial charge in [-0.15, -0.1) is 11.3 Å². The second kappa shape index (κ2) is 10.5. The highest BCUT2D eigenvalue weighted by Crippen LogP contribution is 2.22. The van der Waals surface area contributed by atoms with Gasteiger partial charge in [0.2, 0.25) is 0 Å². The summed E-state index contributed by atoms with van der Waals surface area (Å²) >= 11 is 1.45. The summed E-state index contributed by atoms with van der Waals surface area (Å²) in [4.78, 5) is 16.9. The van der Waals surface area contributed by atoms with E-state index in [1.807, 2.05) is 12.3 Å². The Morgan fingerprint density at radius 1 is 1.04 bits per heavy atom. The molecule has 0 N–H and O–H groups in total. The van der Waals surface area contributed by atoms with E-state index in [0.29, 0.717) is 16.8 Å². The lowest BCUT2D eigenvalue weighted by molar-refractivity contribution is 0.211. The molecule has 0 aliphatic heterocycles. The minimum absolute atomic E-state index is 0.102. The third-order valence-electron chi connectivity index (χ3n) is 4.26. The number of nitrogens with zero attached hydrogens (tertiary/aromatic N) is 1. The van der Waals surface area contributed by atoms with Crippen LogP contribution in [0, 0.1) is 6.92 Å². The molecule has 0 atom stereocenters. The fourth-order valence-corrected chi connectivity index (χ4v) is 3.70. The van der Waals surface area contributed by atoms with E-state index in [4.69, 9.17) is 9.15 Å². The number of ether oxygens (including phenoxy) is 1. The van der Waals surface area contributed by atoms with Gasteiger partial charge in [-0.1, -0.05) is 64.7 Å². The van der Waals surface area contributed by atoms with Crippen LogP contribution < -0.4 is 10.4 Å². The number of hydrogen-bond acceptors (Lipinski definition) is 5. The van der Waals surface area contributed by atoms with E-state index in [-0.39, 0.29) is 11.7 Å². The van der Waals surface area contributed by atoms with Gasteiger partial charge in [-0.25, -0.2) is 4.79 Å². The van der Waals surface area contributed by atoms with Crippen LogP contribution in [0.5, 0.6) is 6.08 Å². The normalized spacial score (nSPS) is 11.2. The number of fused-ring (bicyclic) bond motifs is 1. The molecule has 0 aliphatic carbocycles. The van der Waals surface area contributed by atoms with Gasteiger partial charge in [0.05, 0.1) is 6.61 Å². The molecule has 0 radical (unpaired) electrons. The lowest BCUT2D eigenvalue weighted by atomic mass is 10.1. The zero-order valence-corrected chi connectivity index (χ0v) is 15.8. The molecule has 2 rings (SSSR count). The quantitative estimate of drug-likeness (QED) is 0.450. The van der Waals surface area contributed by atoms with Crippen molar-refractivity contribution in [2.75, 3.05) is 6.61 Å². The average Bonchev–Trinajstić information content (AvgIpc) is 2.94. The molecule has 5 heteroatoms. The molecule has 0 spiro atoms. The van der Waals surface area contributed by atoms with Crippen LogP contribution in [0.2, 0.25) is 0 Å². The number of aromatic nitrogens is 1. The highest BCUT2D eigenvalue weighted by molar-refractivity contribution is 7.16. The first-order valence-corrected chi connectivity index (χ1v) is 10.1. The molecular weight excluding hydrogens is 322 g/mol. The standard InChI is InChI=1S/C19H29NO3S/c1-3-4-5-6-7-8-9-10-11-12-13-22-19-20-17-16(18(21)23-19)15(2)14-24-17/h14H,3-13H2,1-2H3. The van der Waals surface area contributed by atoms with Gasteiger partial charge in [-0.3, -0.25) is 0 Å². The summed E-state index contributed by atoms with van der Waals surface area (Å²) in [6.07, 6.45) is 12.9. The largest absolute Gasteiger partial charge is 0.450 e. The van der Waals surface area contributed by atoms with Crippen molar-refractivity contribution in [2.45, 2.75) is 78.1 Å². The van der Waals surface area contributed by atoms with Crippen molar-refractivity contribution >= 4 is 21.6 Å². The lowest BCUT2D eigenvalue weighted by Crippen LogP contribution is -2.05. The summed E-state index contributed by atoms with van der Waals surface area (Å²) < 4.78 is 10.6. The zero-order chi connectivity index (χ0) is 17.2. The minimum Gasteiger partial charge on any atom is -0.450 e. The molecule has 0 saturated heterocycles. The molecule has 2 heterocycles. The van der Waals surface area contributed by atoms with Crippen LogP contribution in [-0.2, 0) is 0 Å². The van der Waals surface area contributed by atoms with Crippen molar-refractivity contribution in [3.63, 3.8) is 0 Å². The molecule has 0 amide bonds. The first kappa shape index (κ1) is 19.0. The maximum Gasteiger partial charge on any atom is 0.397 e. The van der Waals surface area contributed by atoms with E-state index in [0.717, 1.165) is 18.4 Å². The maximum absolute atomic E-state index is 11.9. The molecule has 0 saturated carbocycles. The van der Waals surface area contributed by atoms with Crippen LogP contribution in [0.3, 0.4) is 0 Å². The van der Waals surface area contributed by atoms with Crippen LogP contribution in [0.25, 0.3) is 10.2 Å². The SMILES string of the molecule is CCCCCCCCCCCCOc1nc2scc(C)c2c(=O)o1. The summed E-state index contributed by atoms with van der Waals surface area (Å²) in [7, 11) is 0. The van der Waals surface area contributed by atoms with Crippen LogP contribution in [0.1, 0.15) is 76.7 Å². The number of thiophene rings is 1. The molecule has 0 aromatic carbocycles. The van der Waals surface area contributed by atoms with Crippen LogP contribution in [0.4, 0.5) is 0 Å². The van der Waals surface area contributed by atoms with Gasteiger partial charge >= 0.3 is 11.7 Å². The second-order valence-corrected chi connectivity index (χ2v) is 7.25. The first-order valence-electron chi connectivity index (χ1n) is 9.24. The molecule has 0 aliphatic rings. The fourth-order valence-electron chi connectivity index (χ4n) is 2.81. The Balaban J connectivity index is 1.57. The van der Waals surface area contributed by atoms with E-state index >= 15 is 0 Å². The highest BCUT2D eigenvalue weighted by Gasteiger charge is 2.11. The summed E-state index contributed by atoms with van der Waals surface area (Å²) in [6.45, 7) is 4.70. The van der Waals surface area contributed by atoms with Gasteiger partial charge in [0.1, 0.15) is 10.2 Å². The van der Waals surface area contributed by atoms with Gasteiger partial charge in [-0.05, 0) is 24.3 Å². The maximum atomic E-state index is 11.9. The minimum atomic E-state index is -0.350. The topological polar surface area (TPSA) is 52.3 Å². The average molecular weight is 352 g/mol. The lowest BCUT2D eigenvalue weighted by Gasteiger charge is -2.04. The van der Waals surface area contributed by atoms with Crippen molar-refractivity contribution < 1.29 is 9.15 Å². The fraction of sp³-hybridized carbons (Fsp3) is 0.684. The van der Waals surface area contributed by atoms with Gasteiger partial charge < -0.3 is 9.15 Å². The summed E-state index contributed by atoms with van der Waals surface area (Å²) in [5, 5.41) is 2.49. The second-order valence-electron chi connectivity index (χ2n) is 6.40. The van der Waals surface area contributed by atoms with Gasteiger partial charge in [0.25, 0.3) is 0 Å². The third-order valence-corrected chi connectivity index (χ3v) is 5.25. The molecule has 2 aromatic heterocycles. The third kappa shape index (κ3) is 5.93. The summed E-state index contributed by atoms with van der Waals surface area (Å²) in [5.41, 5.74) is 0.564. The monoisotopic (exact) mass is 351 g/mol. The zero-order valence-electron chi connectivity index (χ0n) is 14.9. The molecule has 134 valence electrons. The Bertz CT molecular complexity index is 662. The molecule has 0 bridgehead atoms. The van der Waals surface area contributed by atoms with E-state index in [9.17, 15) is 4.79 Å². The van der Waals surface area contributed by atoms with E-state index in [1.54, 1.807) is 0 Å².